The van der Waals surface area contributed by atoms with Crippen LogP contribution in [0.5, 0.6) is 0 Å². The third-order valence-corrected chi connectivity index (χ3v) is 2.89. The Kier molecular flexibility index (Phi) is 6.07. The van der Waals surface area contributed by atoms with E-state index in [-0.39, 0.29) is 17.5 Å². The Morgan fingerprint density at radius 2 is 1.89 bits per heavy atom. The highest BCUT2D eigenvalue weighted by molar-refractivity contribution is 6.06. The Balaban J connectivity index is 2.61. The molecule has 2 heteroatoms. The highest BCUT2D eigenvalue weighted by Crippen LogP contribution is 2.13. The van der Waals surface area contributed by atoms with Crippen molar-refractivity contribution in [1.82, 2.24) is 0 Å². The summed E-state index contributed by atoms with van der Waals surface area (Å²) >= 11 is 0. The summed E-state index contributed by atoms with van der Waals surface area (Å²) in [6.45, 7) is 6.14. The fraction of sp³-hybridized carbons (Fsp3) is 0.353. The van der Waals surface area contributed by atoms with Crippen LogP contribution in [-0.4, -0.2) is 10.9 Å². The van der Waals surface area contributed by atoms with Crippen LogP contribution in [0.15, 0.2) is 53.8 Å². The van der Waals surface area contributed by atoms with Gasteiger partial charge in [-0.05, 0) is 38.7 Å². The minimum Gasteiger partial charge on any atom is -0.504 e. The zero-order valence-corrected chi connectivity index (χ0v) is 11.9. The molecule has 0 aliphatic rings. The van der Waals surface area contributed by atoms with E-state index in [1.165, 1.54) is 5.57 Å². The van der Waals surface area contributed by atoms with E-state index in [1.54, 1.807) is 30.3 Å². The van der Waals surface area contributed by atoms with Gasteiger partial charge in [0.05, 0.1) is 0 Å². The molecule has 0 amide bonds. The predicted molar refractivity (Wildman–Crippen MR) is 79.3 cm³/mol. The second-order valence-electron chi connectivity index (χ2n) is 5.08. The van der Waals surface area contributed by atoms with E-state index in [9.17, 15) is 9.90 Å². The molecule has 0 aliphatic carbocycles. The van der Waals surface area contributed by atoms with Crippen LogP contribution in [0.25, 0.3) is 0 Å². The molecular weight excluding hydrogens is 236 g/mol. The molecule has 1 aromatic rings. The number of aliphatic hydroxyl groups excluding tert-OH is 1. The minimum absolute atomic E-state index is 0.157. The van der Waals surface area contributed by atoms with Gasteiger partial charge >= 0.3 is 0 Å². The quantitative estimate of drug-likeness (QED) is 0.348. The van der Waals surface area contributed by atoms with Gasteiger partial charge in [0.15, 0.2) is 5.76 Å². The molecule has 1 aromatic carbocycles. The van der Waals surface area contributed by atoms with E-state index in [2.05, 4.69) is 19.9 Å². The SMILES string of the molecule is CC(C)=CCCC(C)/C=C(\O)C(=O)c1ccccc1. The van der Waals surface area contributed by atoms with Gasteiger partial charge in [-0.2, -0.15) is 0 Å². The molecular formula is C17H22O2. The topological polar surface area (TPSA) is 37.3 Å². The average Bonchev–Trinajstić information content (AvgIpc) is 2.38. The van der Waals surface area contributed by atoms with Crippen molar-refractivity contribution in [1.29, 1.82) is 0 Å². The summed E-state index contributed by atoms with van der Waals surface area (Å²) in [5.74, 6) is -0.283. The monoisotopic (exact) mass is 258 g/mol. The van der Waals surface area contributed by atoms with Crippen molar-refractivity contribution in [3.63, 3.8) is 0 Å². The number of aliphatic hydroxyl groups is 1. The fourth-order valence-electron chi connectivity index (χ4n) is 1.80. The Labute approximate surface area is 115 Å². The fourth-order valence-corrected chi connectivity index (χ4v) is 1.80. The summed E-state index contributed by atoms with van der Waals surface area (Å²) in [6.07, 6.45) is 5.71. The van der Waals surface area contributed by atoms with Crippen molar-refractivity contribution < 1.29 is 9.90 Å². The number of carbonyl (C=O) groups excluding carboxylic acids is 1. The zero-order chi connectivity index (χ0) is 14.3. The van der Waals surface area contributed by atoms with Crippen LogP contribution in [0.1, 0.15) is 44.0 Å². The van der Waals surface area contributed by atoms with E-state index >= 15 is 0 Å². The Morgan fingerprint density at radius 1 is 1.26 bits per heavy atom. The Morgan fingerprint density at radius 3 is 2.47 bits per heavy atom. The van der Waals surface area contributed by atoms with Gasteiger partial charge in [0.1, 0.15) is 0 Å². The average molecular weight is 258 g/mol. The van der Waals surface area contributed by atoms with E-state index in [0.717, 1.165) is 12.8 Å². The van der Waals surface area contributed by atoms with E-state index in [1.807, 2.05) is 13.0 Å². The van der Waals surface area contributed by atoms with E-state index < -0.39 is 0 Å². The molecule has 0 fully saturated rings. The number of hydrogen-bond acceptors (Lipinski definition) is 2. The Hall–Kier alpha value is -1.83. The van der Waals surface area contributed by atoms with Gasteiger partial charge in [-0.15, -0.1) is 0 Å². The van der Waals surface area contributed by atoms with Crippen LogP contribution in [0.4, 0.5) is 0 Å². The van der Waals surface area contributed by atoms with Crippen molar-refractivity contribution in [3.8, 4) is 0 Å². The highest BCUT2D eigenvalue weighted by atomic mass is 16.3. The van der Waals surface area contributed by atoms with Crippen LogP contribution in [-0.2, 0) is 0 Å². The molecule has 0 bridgehead atoms. The van der Waals surface area contributed by atoms with Gasteiger partial charge in [-0.3, -0.25) is 4.79 Å². The lowest BCUT2D eigenvalue weighted by molar-refractivity contribution is 0.0975. The maximum absolute atomic E-state index is 11.9. The molecule has 1 unspecified atom stereocenters. The summed E-state index contributed by atoms with van der Waals surface area (Å²) in [7, 11) is 0. The van der Waals surface area contributed by atoms with Crippen LogP contribution < -0.4 is 0 Å². The first-order valence-electron chi connectivity index (χ1n) is 6.64. The van der Waals surface area contributed by atoms with E-state index in [0.29, 0.717) is 5.56 Å². The van der Waals surface area contributed by atoms with Crippen molar-refractivity contribution in [2.75, 3.05) is 0 Å². The van der Waals surface area contributed by atoms with Crippen LogP contribution >= 0.6 is 0 Å². The number of carbonyl (C=O) groups is 1. The number of allylic oxidation sites excluding steroid dienone is 4. The summed E-state index contributed by atoms with van der Waals surface area (Å²) in [4.78, 5) is 11.9. The molecule has 0 aromatic heterocycles. The molecule has 2 nitrogen and oxygen atoms in total. The minimum atomic E-state index is -0.310. The van der Waals surface area contributed by atoms with Crippen LogP contribution in [0.2, 0.25) is 0 Å². The maximum atomic E-state index is 11.9. The Bertz CT molecular complexity index is 465. The number of Topliss-reactive ketones (excluding diaryl/α,β-unsaturated/α-hetero) is 1. The first kappa shape index (κ1) is 15.2. The third kappa shape index (κ3) is 5.56. The first-order chi connectivity index (χ1) is 9.00. The maximum Gasteiger partial charge on any atom is 0.226 e. The van der Waals surface area contributed by atoms with Crippen molar-refractivity contribution in [3.05, 3.63) is 59.4 Å². The zero-order valence-electron chi connectivity index (χ0n) is 11.9. The highest BCUT2D eigenvalue weighted by Gasteiger charge is 2.11. The predicted octanol–water partition coefficient (Wildman–Crippen LogP) is 4.69. The van der Waals surface area contributed by atoms with Crippen molar-refractivity contribution in [2.24, 2.45) is 5.92 Å². The summed E-state index contributed by atoms with van der Waals surface area (Å²) in [5.41, 5.74) is 1.81. The molecule has 0 spiro atoms. The summed E-state index contributed by atoms with van der Waals surface area (Å²) < 4.78 is 0. The van der Waals surface area contributed by atoms with Gasteiger partial charge in [0.2, 0.25) is 5.78 Å². The summed E-state index contributed by atoms with van der Waals surface area (Å²) in [6, 6.07) is 8.84. The molecule has 1 atom stereocenters. The standard InChI is InChI=1S/C17H22O2/c1-13(2)8-7-9-14(3)12-16(18)17(19)15-10-5-4-6-11-15/h4-6,8,10-12,14,18H,7,9H2,1-3H3/b16-12-. The molecule has 0 heterocycles. The second-order valence-corrected chi connectivity index (χ2v) is 5.08. The van der Waals surface area contributed by atoms with Gasteiger partial charge in [0, 0.05) is 5.56 Å². The molecule has 102 valence electrons. The van der Waals surface area contributed by atoms with Crippen molar-refractivity contribution in [2.45, 2.75) is 33.6 Å². The lowest BCUT2D eigenvalue weighted by Crippen LogP contribution is -2.04. The van der Waals surface area contributed by atoms with Crippen LogP contribution in [0, 0.1) is 5.92 Å². The molecule has 0 saturated heterocycles. The van der Waals surface area contributed by atoms with Gasteiger partial charge < -0.3 is 5.11 Å². The number of benzene rings is 1. The second kappa shape index (κ2) is 7.57. The lowest BCUT2D eigenvalue weighted by Gasteiger charge is -2.06. The normalized spacial score (nSPS) is 12.9. The first-order valence-corrected chi connectivity index (χ1v) is 6.64. The lowest BCUT2D eigenvalue weighted by atomic mass is 10.0. The molecule has 0 saturated carbocycles. The van der Waals surface area contributed by atoms with Gasteiger partial charge in [-0.25, -0.2) is 0 Å². The van der Waals surface area contributed by atoms with E-state index in [4.69, 9.17) is 0 Å². The van der Waals surface area contributed by atoms with Crippen molar-refractivity contribution >= 4 is 5.78 Å². The number of rotatable bonds is 6. The summed E-state index contributed by atoms with van der Waals surface area (Å²) in [5, 5.41) is 9.85. The smallest absolute Gasteiger partial charge is 0.226 e. The number of hydrogen-bond donors (Lipinski definition) is 1. The van der Waals surface area contributed by atoms with Gasteiger partial charge in [0.25, 0.3) is 0 Å². The largest absolute Gasteiger partial charge is 0.504 e. The molecule has 0 radical (unpaired) electrons. The van der Waals surface area contributed by atoms with Crippen LogP contribution in [0.3, 0.4) is 0 Å². The molecule has 1 rings (SSSR count). The van der Waals surface area contributed by atoms with Gasteiger partial charge in [-0.1, -0.05) is 48.9 Å². The molecule has 1 N–H and O–H groups in total. The molecule has 19 heavy (non-hydrogen) atoms. The molecule has 0 aliphatic heterocycles. The third-order valence-electron chi connectivity index (χ3n) is 2.89. The number of ketones is 1.